The molecule has 0 spiro atoms. The standard InChI is InChI=1S/C12H14ClN5O2/c1-3-17-12(11(18(19)20)7(2)16-17)15-10-6-8(14)4-5-9(10)13/h4-6,15H,3,14H2,1-2H3. The first kappa shape index (κ1) is 14.1. The molecule has 0 aliphatic carbocycles. The molecule has 1 heterocycles. The van der Waals surface area contributed by atoms with Gasteiger partial charge in [-0.3, -0.25) is 10.1 Å². The van der Waals surface area contributed by atoms with Crippen LogP contribution in [0.3, 0.4) is 0 Å². The van der Waals surface area contributed by atoms with Crippen LogP contribution in [0.1, 0.15) is 12.6 Å². The van der Waals surface area contributed by atoms with E-state index in [0.717, 1.165) is 0 Å². The van der Waals surface area contributed by atoms with Gasteiger partial charge >= 0.3 is 5.69 Å². The van der Waals surface area contributed by atoms with E-state index in [-0.39, 0.29) is 5.69 Å². The molecule has 0 aliphatic heterocycles. The smallest absolute Gasteiger partial charge is 0.334 e. The Morgan fingerprint density at radius 1 is 1.55 bits per heavy atom. The predicted molar refractivity (Wildman–Crippen MR) is 78.4 cm³/mol. The fourth-order valence-electron chi connectivity index (χ4n) is 1.91. The van der Waals surface area contributed by atoms with Crippen LogP contribution >= 0.6 is 11.6 Å². The van der Waals surface area contributed by atoms with Gasteiger partial charge in [-0.15, -0.1) is 0 Å². The molecular formula is C12H14ClN5O2. The van der Waals surface area contributed by atoms with Gasteiger partial charge in [-0.05, 0) is 32.0 Å². The van der Waals surface area contributed by atoms with Crippen molar-refractivity contribution in [3.63, 3.8) is 0 Å². The van der Waals surface area contributed by atoms with Gasteiger partial charge in [0.1, 0.15) is 5.69 Å². The first-order chi connectivity index (χ1) is 9.43. The van der Waals surface area contributed by atoms with E-state index in [2.05, 4.69) is 10.4 Å². The largest absolute Gasteiger partial charge is 0.399 e. The van der Waals surface area contributed by atoms with Crippen molar-refractivity contribution in [3.8, 4) is 0 Å². The summed E-state index contributed by atoms with van der Waals surface area (Å²) in [4.78, 5) is 10.7. The molecule has 0 unspecified atom stereocenters. The molecule has 20 heavy (non-hydrogen) atoms. The maximum Gasteiger partial charge on any atom is 0.334 e. The first-order valence-electron chi connectivity index (χ1n) is 5.97. The van der Waals surface area contributed by atoms with Crippen molar-refractivity contribution in [3.05, 3.63) is 39.0 Å². The number of halogens is 1. The van der Waals surface area contributed by atoms with E-state index in [1.54, 1.807) is 25.1 Å². The fourth-order valence-corrected chi connectivity index (χ4v) is 2.07. The highest BCUT2D eigenvalue weighted by Crippen LogP contribution is 2.34. The van der Waals surface area contributed by atoms with Crippen molar-refractivity contribution in [1.29, 1.82) is 0 Å². The number of nitro groups is 1. The van der Waals surface area contributed by atoms with Crippen molar-refractivity contribution in [2.45, 2.75) is 20.4 Å². The summed E-state index contributed by atoms with van der Waals surface area (Å²) in [6.45, 7) is 3.94. The van der Waals surface area contributed by atoms with Crippen LogP contribution in [-0.2, 0) is 6.54 Å². The molecule has 0 saturated carbocycles. The molecule has 0 aliphatic rings. The number of nitrogens with zero attached hydrogens (tertiary/aromatic N) is 3. The molecule has 0 fully saturated rings. The molecule has 0 atom stereocenters. The molecule has 0 saturated heterocycles. The normalized spacial score (nSPS) is 10.6. The van der Waals surface area contributed by atoms with Gasteiger partial charge in [0.05, 0.1) is 15.6 Å². The van der Waals surface area contributed by atoms with E-state index in [1.165, 1.54) is 4.68 Å². The minimum Gasteiger partial charge on any atom is -0.399 e. The zero-order valence-corrected chi connectivity index (χ0v) is 11.8. The maximum absolute atomic E-state index is 11.2. The van der Waals surface area contributed by atoms with Gasteiger partial charge < -0.3 is 11.1 Å². The molecule has 8 heteroatoms. The molecule has 3 N–H and O–H groups in total. The second-order valence-electron chi connectivity index (χ2n) is 4.22. The summed E-state index contributed by atoms with van der Waals surface area (Å²) in [5.41, 5.74) is 7.00. The number of anilines is 3. The molecule has 2 rings (SSSR count). The zero-order chi connectivity index (χ0) is 14.9. The van der Waals surface area contributed by atoms with Crippen LogP contribution in [0.2, 0.25) is 5.02 Å². The second-order valence-corrected chi connectivity index (χ2v) is 4.63. The summed E-state index contributed by atoms with van der Waals surface area (Å²) in [7, 11) is 0. The van der Waals surface area contributed by atoms with Crippen molar-refractivity contribution in [1.82, 2.24) is 9.78 Å². The van der Waals surface area contributed by atoms with E-state index in [4.69, 9.17) is 17.3 Å². The molecule has 1 aromatic carbocycles. The Kier molecular flexibility index (Phi) is 3.80. The molecule has 1 aromatic heterocycles. The molecule has 0 amide bonds. The molecule has 7 nitrogen and oxygen atoms in total. The summed E-state index contributed by atoms with van der Waals surface area (Å²) in [6.07, 6.45) is 0. The van der Waals surface area contributed by atoms with Crippen LogP contribution < -0.4 is 11.1 Å². The third kappa shape index (κ3) is 2.53. The lowest BCUT2D eigenvalue weighted by molar-refractivity contribution is -0.384. The van der Waals surface area contributed by atoms with Gasteiger partial charge in [0.2, 0.25) is 5.82 Å². The summed E-state index contributed by atoms with van der Waals surface area (Å²) >= 11 is 6.06. The Labute approximate surface area is 120 Å². The van der Waals surface area contributed by atoms with Crippen LogP contribution in [0.15, 0.2) is 18.2 Å². The summed E-state index contributed by atoms with van der Waals surface area (Å²) in [5.74, 6) is 0.294. The average Bonchev–Trinajstić information content (AvgIpc) is 2.70. The lowest BCUT2D eigenvalue weighted by Crippen LogP contribution is -2.05. The summed E-state index contributed by atoms with van der Waals surface area (Å²) in [6, 6.07) is 4.91. The van der Waals surface area contributed by atoms with E-state index >= 15 is 0 Å². The second kappa shape index (κ2) is 5.38. The summed E-state index contributed by atoms with van der Waals surface area (Å²) in [5, 5.41) is 18.7. The van der Waals surface area contributed by atoms with Crippen LogP contribution in [0.4, 0.5) is 22.9 Å². The van der Waals surface area contributed by atoms with Crippen molar-refractivity contribution >= 4 is 34.5 Å². The molecular weight excluding hydrogens is 282 g/mol. The number of nitrogens with two attached hydrogens (primary N) is 1. The number of rotatable bonds is 4. The van der Waals surface area contributed by atoms with Crippen LogP contribution in [-0.4, -0.2) is 14.7 Å². The van der Waals surface area contributed by atoms with Crippen molar-refractivity contribution in [2.75, 3.05) is 11.1 Å². The average molecular weight is 296 g/mol. The third-order valence-electron chi connectivity index (χ3n) is 2.82. The topological polar surface area (TPSA) is 99.0 Å². The van der Waals surface area contributed by atoms with Crippen molar-refractivity contribution < 1.29 is 4.92 Å². The molecule has 106 valence electrons. The highest BCUT2D eigenvalue weighted by molar-refractivity contribution is 6.33. The number of aromatic nitrogens is 2. The lowest BCUT2D eigenvalue weighted by atomic mass is 10.2. The van der Waals surface area contributed by atoms with Gasteiger partial charge in [0.15, 0.2) is 0 Å². The van der Waals surface area contributed by atoms with E-state index in [0.29, 0.717) is 34.5 Å². The highest BCUT2D eigenvalue weighted by Gasteiger charge is 2.25. The Hall–Kier alpha value is -2.28. The zero-order valence-electron chi connectivity index (χ0n) is 11.1. The Bertz CT molecular complexity index is 668. The Morgan fingerprint density at radius 3 is 2.85 bits per heavy atom. The lowest BCUT2D eigenvalue weighted by Gasteiger charge is -2.10. The van der Waals surface area contributed by atoms with Gasteiger partial charge in [-0.1, -0.05) is 11.6 Å². The quantitative estimate of drug-likeness (QED) is 0.513. The third-order valence-corrected chi connectivity index (χ3v) is 3.15. The minimum absolute atomic E-state index is 0.0645. The van der Waals surface area contributed by atoms with Gasteiger partial charge in [0.25, 0.3) is 0 Å². The Balaban J connectivity index is 2.52. The number of nitrogen functional groups attached to an aromatic ring is 1. The number of hydrogen-bond acceptors (Lipinski definition) is 5. The molecule has 0 radical (unpaired) electrons. The highest BCUT2D eigenvalue weighted by atomic mass is 35.5. The molecule has 2 aromatic rings. The van der Waals surface area contributed by atoms with Crippen LogP contribution in [0.25, 0.3) is 0 Å². The Morgan fingerprint density at radius 2 is 2.25 bits per heavy atom. The van der Waals surface area contributed by atoms with Crippen LogP contribution in [0.5, 0.6) is 0 Å². The number of hydrogen-bond donors (Lipinski definition) is 2. The van der Waals surface area contributed by atoms with Gasteiger partial charge in [0, 0.05) is 12.2 Å². The fraction of sp³-hybridized carbons (Fsp3) is 0.250. The predicted octanol–water partition coefficient (Wildman–Crippen LogP) is 3.10. The number of benzene rings is 1. The summed E-state index contributed by atoms with van der Waals surface area (Å²) < 4.78 is 1.52. The first-order valence-corrected chi connectivity index (χ1v) is 6.35. The van der Waals surface area contributed by atoms with E-state index in [1.807, 2.05) is 6.92 Å². The van der Waals surface area contributed by atoms with Crippen molar-refractivity contribution in [2.24, 2.45) is 0 Å². The minimum atomic E-state index is -0.461. The van der Waals surface area contributed by atoms with Gasteiger partial charge in [-0.25, -0.2) is 4.68 Å². The van der Waals surface area contributed by atoms with Gasteiger partial charge in [-0.2, -0.15) is 5.10 Å². The van der Waals surface area contributed by atoms with E-state index in [9.17, 15) is 10.1 Å². The number of aryl methyl sites for hydroxylation is 2. The number of nitrogens with one attached hydrogen (secondary N) is 1. The maximum atomic E-state index is 11.2. The van der Waals surface area contributed by atoms with Crippen LogP contribution in [0, 0.1) is 17.0 Å². The SMILES string of the molecule is CCn1nc(C)c([N+](=O)[O-])c1Nc1cc(N)ccc1Cl. The monoisotopic (exact) mass is 295 g/mol. The molecule has 0 bridgehead atoms. The van der Waals surface area contributed by atoms with E-state index < -0.39 is 4.92 Å².